The fourth-order valence-electron chi connectivity index (χ4n) is 1.61. The molecule has 1 rings (SSSR count). The Kier molecular flexibility index (Phi) is 4.05. The minimum Gasteiger partial charge on any atom is -0.347 e. The van der Waals surface area contributed by atoms with Crippen LogP contribution in [-0.4, -0.2) is 10.9 Å². The number of pyridine rings is 1. The van der Waals surface area contributed by atoms with Crippen LogP contribution >= 0.6 is 0 Å². The zero-order valence-electron chi connectivity index (χ0n) is 10.4. The average Bonchev–Trinajstić information content (AvgIpc) is 2.16. The van der Waals surface area contributed by atoms with Crippen molar-refractivity contribution in [3.05, 3.63) is 30.1 Å². The molecule has 0 spiro atoms. The molecule has 16 heavy (non-hydrogen) atoms. The number of aromatic nitrogens is 1. The number of hydrogen-bond donors (Lipinski definition) is 1. The molecule has 0 bridgehead atoms. The van der Waals surface area contributed by atoms with Crippen molar-refractivity contribution < 1.29 is 4.79 Å². The van der Waals surface area contributed by atoms with Crippen LogP contribution in [0.1, 0.15) is 39.7 Å². The third-order valence-electron chi connectivity index (χ3n) is 2.45. The van der Waals surface area contributed by atoms with E-state index >= 15 is 0 Å². The fourth-order valence-corrected chi connectivity index (χ4v) is 1.61. The molecule has 0 unspecified atom stereocenters. The lowest BCUT2D eigenvalue weighted by Crippen LogP contribution is -2.41. The van der Waals surface area contributed by atoms with Gasteiger partial charge in [0.2, 0.25) is 5.91 Å². The van der Waals surface area contributed by atoms with Gasteiger partial charge in [-0.05, 0) is 37.5 Å². The van der Waals surface area contributed by atoms with Crippen LogP contribution in [0.4, 0.5) is 0 Å². The molecule has 0 radical (unpaired) electrons. The van der Waals surface area contributed by atoms with Gasteiger partial charge in [0.05, 0.1) is 5.54 Å². The van der Waals surface area contributed by atoms with Crippen LogP contribution in [0.2, 0.25) is 0 Å². The maximum Gasteiger partial charge on any atom is 0.220 e. The van der Waals surface area contributed by atoms with Gasteiger partial charge in [-0.3, -0.25) is 9.78 Å². The molecule has 88 valence electrons. The Balaban J connectivity index is 2.69. The molecule has 0 saturated carbocycles. The minimum atomic E-state index is -0.338. The number of hydrogen-bond acceptors (Lipinski definition) is 2. The number of carbonyl (C=O) groups is 1. The molecular formula is C13H20N2O. The van der Waals surface area contributed by atoms with Crippen molar-refractivity contribution >= 4 is 5.91 Å². The van der Waals surface area contributed by atoms with Crippen LogP contribution in [-0.2, 0) is 10.3 Å². The molecule has 1 N–H and O–H groups in total. The van der Waals surface area contributed by atoms with Gasteiger partial charge < -0.3 is 5.32 Å². The first kappa shape index (κ1) is 12.7. The second-order valence-corrected chi connectivity index (χ2v) is 5.01. The summed E-state index contributed by atoms with van der Waals surface area (Å²) >= 11 is 0. The van der Waals surface area contributed by atoms with Gasteiger partial charge in [0, 0.05) is 18.8 Å². The molecule has 1 heterocycles. The van der Waals surface area contributed by atoms with Crippen molar-refractivity contribution in [3.8, 4) is 0 Å². The number of rotatable bonds is 4. The van der Waals surface area contributed by atoms with Gasteiger partial charge in [0.25, 0.3) is 0 Å². The fraction of sp³-hybridized carbons (Fsp3) is 0.538. The normalized spacial score (nSPS) is 11.6. The van der Waals surface area contributed by atoms with E-state index in [1.165, 1.54) is 0 Å². The summed E-state index contributed by atoms with van der Waals surface area (Å²) < 4.78 is 0. The number of amides is 1. The van der Waals surface area contributed by atoms with Gasteiger partial charge in [0.1, 0.15) is 0 Å². The topological polar surface area (TPSA) is 42.0 Å². The summed E-state index contributed by atoms with van der Waals surface area (Å²) in [4.78, 5) is 15.7. The van der Waals surface area contributed by atoms with Gasteiger partial charge in [0.15, 0.2) is 0 Å². The largest absolute Gasteiger partial charge is 0.347 e. The highest BCUT2D eigenvalue weighted by molar-refractivity contribution is 5.77. The molecule has 0 aliphatic heterocycles. The van der Waals surface area contributed by atoms with Gasteiger partial charge in [-0.2, -0.15) is 0 Å². The lowest BCUT2D eigenvalue weighted by Gasteiger charge is -2.27. The third kappa shape index (κ3) is 3.65. The highest BCUT2D eigenvalue weighted by Gasteiger charge is 2.22. The molecule has 3 nitrogen and oxygen atoms in total. The van der Waals surface area contributed by atoms with E-state index in [4.69, 9.17) is 0 Å². The molecule has 1 amide bonds. The molecule has 0 aliphatic rings. The van der Waals surface area contributed by atoms with Crippen molar-refractivity contribution in [1.82, 2.24) is 10.3 Å². The quantitative estimate of drug-likeness (QED) is 0.847. The summed E-state index contributed by atoms with van der Waals surface area (Å²) in [6.45, 7) is 8.08. The van der Waals surface area contributed by atoms with E-state index < -0.39 is 0 Å². The summed E-state index contributed by atoms with van der Waals surface area (Å²) in [7, 11) is 0. The maximum atomic E-state index is 11.7. The second kappa shape index (κ2) is 5.10. The molecule has 0 fully saturated rings. The third-order valence-corrected chi connectivity index (χ3v) is 2.45. The Morgan fingerprint density at radius 2 is 1.94 bits per heavy atom. The predicted molar refractivity (Wildman–Crippen MR) is 64.9 cm³/mol. The molecular weight excluding hydrogens is 200 g/mol. The first-order valence-corrected chi connectivity index (χ1v) is 5.63. The Bertz CT molecular complexity index is 344. The summed E-state index contributed by atoms with van der Waals surface area (Å²) in [5.74, 6) is 0.477. The standard InChI is InChI=1S/C13H20N2O/c1-10(2)9-12(16)15-13(3,4)11-5-7-14-8-6-11/h5-8,10H,9H2,1-4H3,(H,15,16). The van der Waals surface area contributed by atoms with E-state index in [1.54, 1.807) is 12.4 Å². The SMILES string of the molecule is CC(C)CC(=O)NC(C)(C)c1ccncc1. The van der Waals surface area contributed by atoms with E-state index in [1.807, 2.05) is 39.8 Å². The smallest absolute Gasteiger partial charge is 0.220 e. The van der Waals surface area contributed by atoms with E-state index in [0.29, 0.717) is 12.3 Å². The van der Waals surface area contributed by atoms with Crippen LogP contribution in [0, 0.1) is 5.92 Å². The van der Waals surface area contributed by atoms with Crippen molar-refractivity contribution in [2.45, 2.75) is 39.7 Å². The van der Waals surface area contributed by atoms with Crippen molar-refractivity contribution in [1.29, 1.82) is 0 Å². The Morgan fingerprint density at radius 1 is 1.38 bits per heavy atom. The molecule has 0 saturated heterocycles. The number of nitrogens with one attached hydrogen (secondary N) is 1. The van der Waals surface area contributed by atoms with Crippen molar-refractivity contribution in [2.75, 3.05) is 0 Å². The lowest BCUT2D eigenvalue weighted by atomic mass is 9.95. The van der Waals surface area contributed by atoms with Gasteiger partial charge in [-0.15, -0.1) is 0 Å². The van der Waals surface area contributed by atoms with E-state index in [-0.39, 0.29) is 11.4 Å². The van der Waals surface area contributed by atoms with Gasteiger partial charge in [-0.25, -0.2) is 0 Å². The summed E-state index contributed by atoms with van der Waals surface area (Å²) in [6, 6.07) is 3.85. The Hall–Kier alpha value is -1.38. The monoisotopic (exact) mass is 220 g/mol. The van der Waals surface area contributed by atoms with Crippen molar-refractivity contribution in [2.24, 2.45) is 5.92 Å². The van der Waals surface area contributed by atoms with Gasteiger partial charge >= 0.3 is 0 Å². The molecule has 3 heteroatoms. The van der Waals surface area contributed by atoms with E-state index in [2.05, 4.69) is 10.3 Å². The van der Waals surface area contributed by atoms with Gasteiger partial charge in [-0.1, -0.05) is 13.8 Å². The number of nitrogens with zero attached hydrogens (tertiary/aromatic N) is 1. The zero-order valence-corrected chi connectivity index (χ0v) is 10.4. The van der Waals surface area contributed by atoms with Crippen LogP contribution < -0.4 is 5.32 Å². The molecule has 0 aliphatic carbocycles. The minimum absolute atomic E-state index is 0.0943. The summed E-state index contributed by atoms with van der Waals surface area (Å²) in [5, 5.41) is 3.04. The zero-order chi connectivity index (χ0) is 12.2. The van der Waals surface area contributed by atoms with Crippen LogP contribution in [0.15, 0.2) is 24.5 Å². The summed E-state index contributed by atoms with van der Waals surface area (Å²) in [6.07, 6.45) is 4.05. The van der Waals surface area contributed by atoms with Crippen LogP contribution in [0.3, 0.4) is 0 Å². The highest BCUT2D eigenvalue weighted by Crippen LogP contribution is 2.19. The van der Waals surface area contributed by atoms with Crippen LogP contribution in [0.25, 0.3) is 0 Å². The molecule has 1 aromatic rings. The van der Waals surface area contributed by atoms with E-state index in [9.17, 15) is 4.79 Å². The molecule has 0 aromatic carbocycles. The highest BCUT2D eigenvalue weighted by atomic mass is 16.1. The van der Waals surface area contributed by atoms with Crippen molar-refractivity contribution in [3.63, 3.8) is 0 Å². The van der Waals surface area contributed by atoms with E-state index in [0.717, 1.165) is 5.56 Å². The summed E-state index contributed by atoms with van der Waals surface area (Å²) in [5.41, 5.74) is 0.731. The average molecular weight is 220 g/mol. The maximum absolute atomic E-state index is 11.7. The first-order valence-electron chi connectivity index (χ1n) is 5.63. The second-order valence-electron chi connectivity index (χ2n) is 5.01. The predicted octanol–water partition coefficient (Wildman–Crippen LogP) is 2.48. The molecule has 0 atom stereocenters. The Morgan fingerprint density at radius 3 is 2.44 bits per heavy atom. The number of carbonyl (C=O) groups excluding carboxylic acids is 1. The van der Waals surface area contributed by atoms with Crippen LogP contribution in [0.5, 0.6) is 0 Å². The lowest BCUT2D eigenvalue weighted by molar-refractivity contribution is -0.123. The Labute approximate surface area is 97.3 Å². The molecule has 1 aromatic heterocycles. The first-order chi connectivity index (χ1) is 7.42.